The summed E-state index contributed by atoms with van der Waals surface area (Å²) in [6.45, 7) is 2.56. The maximum atomic E-state index is 12.9. The number of thiophene rings is 1. The average Bonchev–Trinajstić information content (AvgIpc) is 3.32. The molecule has 0 spiro atoms. The summed E-state index contributed by atoms with van der Waals surface area (Å²) in [7, 11) is -2.14. The van der Waals surface area contributed by atoms with E-state index in [1.54, 1.807) is 11.3 Å². The molecule has 0 aliphatic rings. The van der Waals surface area contributed by atoms with Crippen molar-refractivity contribution in [3.8, 4) is 0 Å². The summed E-state index contributed by atoms with van der Waals surface area (Å²) in [5.41, 5.74) is 2.62. The second-order valence-corrected chi connectivity index (χ2v) is 9.68. The predicted molar refractivity (Wildman–Crippen MR) is 123 cm³/mol. The van der Waals surface area contributed by atoms with Crippen molar-refractivity contribution >= 4 is 27.3 Å². The molecule has 0 aliphatic heterocycles. The van der Waals surface area contributed by atoms with Crippen LogP contribution in [0.2, 0.25) is 0 Å². The second-order valence-electron chi connectivity index (χ2n) is 6.93. The number of hydrogen-bond donors (Lipinski definition) is 2. The predicted octanol–water partition coefficient (Wildman–Crippen LogP) is 3.75. The zero-order valence-corrected chi connectivity index (χ0v) is 19.1. The van der Waals surface area contributed by atoms with Gasteiger partial charge in [-0.1, -0.05) is 37.3 Å². The second kappa shape index (κ2) is 10.7. The molecule has 2 N–H and O–H groups in total. The van der Waals surface area contributed by atoms with E-state index in [0.717, 1.165) is 16.9 Å². The number of methoxy groups -OCH3 is 1. The van der Waals surface area contributed by atoms with Gasteiger partial charge in [-0.25, -0.2) is 13.1 Å². The number of aryl methyl sites for hydroxylation is 1. The summed E-state index contributed by atoms with van der Waals surface area (Å²) in [6.07, 6.45) is 0.950. The third kappa shape index (κ3) is 6.01. The molecule has 3 rings (SSSR count). The van der Waals surface area contributed by atoms with E-state index < -0.39 is 10.0 Å². The zero-order chi connectivity index (χ0) is 22.3. The number of carbonyl (C=O) groups excluding carboxylic acids is 1. The molecule has 6 nitrogen and oxygen atoms in total. The summed E-state index contributed by atoms with van der Waals surface area (Å²) in [6, 6.07) is 17.8. The third-order valence-corrected chi connectivity index (χ3v) is 7.26. The van der Waals surface area contributed by atoms with Crippen LogP contribution in [0.15, 0.2) is 70.9 Å². The number of rotatable bonds is 10. The van der Waals surface area contributed by atoms with Gasteiger partial charge in [0.05, 0.1) is 17.5 Å². The van der Waals surface area contributed by atoms with Gasteiger partial charge in [0.25, 0.3) is 5.91 Å². The summed E-state index contributed by atoms with van der Waals surface area (Å²) < 4.78 is 31.9. The fourth-order valence-electron chi connectivity index (χ4n) is 3.08. The van der Waals surface area contributed by atoms with E-state index in [0.29, 0.717) is 5.56 Å². The van der Waals surface area contributed by atoms with Crippen LogP contribution in [0.5, 0.6) is 0 Å². The Morgan fingerprint density at radius 2 is 1.77 bits per heavy atom. The van der Waals surface area contributed by atoms with E-state index in [4.69, 9.17) is 4.74 Å². The molecule has 1 atom stereocenters. The van der Waals surface area contributed by atoms with Crippen LogP contribution in [-0.4, -0.2) is 34.6 Å². The minimum absolute atomic E-state index is 0.102. The Morgan fingerprint density at radius 1 is 1.06 bits per heavy atom. The summed E-state index contributed by atoms with van der Waals surface area (Å²) >= 11 is 1.58. The highest BCUT2D eigenvalue weighted by Crippen LogP contribution is 2.27. The lowest BCUT2D eigenvalue weighted by Crippen LogP contribution is -2.29. The highest BCUT2D eigenvalue weighted by molar-refractivity contribution is 7.89. The molecule has 0 radical (unpaired) electrons. The molecule has 164 valence electrons. The molecule has 2 aromatic carbocycles. The molecule has 0 fully saturated rings. The minimum atomic E-state index is -3.64. The zero-order valence-electron chi connectivity index (χ0n) is 17.5. The van der Waals surface area contributed by atoms with Crippen molar-refractivity contribution in [2.75, 3.05) is 20.3 Å². The van der Waals surface area contributed by atoms with Crippen molar-refractivity contribution in [2.24, 2.45) is 0 Å². The topological polar surface area (TPSA) is 84.5 Å². The Bertz CT molecular complexity index is 1080. The molecule has 8 heteroatoms. The SMILES string of the molecule is CCc1ccc(C(NC(=O)c2ccc(S(=O)(=O)NCCOC)cc2)c2cccs2)cc1. The van der Waals surface area contributed by atoms with E-state index in [9.17, 15) is 13.2 Å². The summed E-state index contributed by atoms with van der Waals surface area (Å²) in [5.74, 6) is -0.269. The van der Waals surface area contributed by atoms with Crippen molar-refractivity contribution in [3.63, 3.8) is 0 Å². The van der Waals surface area contributed by atoms with Gasteiger partial charge < -0.3 is 10.1 Å². The van der Waals surface area contributed by atoms with Gasteiger partial charge in [0.1, 0.15) is 0 Å². The van der Waals surface area contributed by atoms with E-state index in [2.05, 4.69) is 29.1 Å². The Hall–Kier alpha value is -2.52. The summed E-state index contributed by atoms with van der Waals surface area (Å²) in [5, 5.41) is 5.06. The van der Waals surface area contributed by atoms with Crippen LogP contribution >= 0.6 is 11.3 Å². The highest BCUT2D eigenvalue weighted by Gasteiger charge is 2.20. The summed E-state index contributed by atoms with van der Waals surface area (Å²) in [4.78, 5) is 14.1. The number of carbonyl (C=O) groups is 1. The fraction of sp³-hybridized carbons (Fsp3) is 0.261. The molecule has 1 amide bonds. The Balaban J connectivity index is 1.77. The third-order valence-electron chi connectivity index (χ3n) is 4.85. The molecule has 3 aromatic rings. The van der Waals surface area contributed by atoms with Crippen LogP contribution in [0.3, 0.4) is 0 Å². The van der Waals surface area contributed by atoms with Crippen LogP contribution in [-0.2, 0) is 21.2 Å². The van der Waals surface area contributed by atoms with E-state index >= 15 is 0 Å². The molecule has 1 unspecified atom stereocenters. The lowest BCUT2D eigenvalue weighted by atomic mass is 10.0. The Labute approximate surface area is 187 Å². The van der Waals surface area contributed by atoms with E-state index in [1.165, 1.54) is 36.9 Å². The number of nitrogens with one attached hydrogen (secondary N) is 2. The van der Waals surface area contributed by atoms with Crippen LogP contribution in [0.25, 0.3) is 0 Å². The Kier molecular flexibility index (Phi) is 7.97. The van der Waals surface area contributed by atoms with Gasteiger partial charge >= 0.3 is 0 Å². The normalized spacial score (nSPS) is 12.5. The molecule has 1 aromatic heterocycles. The smallest absolute Gasteiger partial charge is 0.252 e. The first-order valence-electron chi connectivity index (χ1n) is 9.96. The first kappa shape index (κ1) is 23.1. The van der Waals surface area contributed by atoms with E-state index in [-0.39, 0.29) is 30.0 Å². The first-order valence-corrected chi connectivity index (χ1v) is 12.3. The van der Waals surface area contributed by atoms with Crippen molar-refractivity contribution in [3.05, 3.63) is 87.6 Å². The van der Waals surface area contributed by atoms with Crippen LogP contribution in [0.4, 0.5) is 0 Å². The molecule has 0 saturated carbocycles. The minimum Gasteiger partial charge on any atom is -0.383 e. The average molecular weight is 459 g/mol. The van der Waals surface area contributed by atoms with Crippen LogP contribution in [0.1, 0.15) is 39.3 Å². The molecule has 1 heterocycles. The number of hydrogen-bond acceptors (Lipinski definition) is 5. The lowest BCUT2D eigenvalue weighted by Gasteiger charge is -2.19. The number of sulfonamides is 1. The fourth-order valence-corrected chi connectivity index (χ4v) is 4.90. The largest absolute Gasteiger partial charge is 0.383 e. The molecule has 0 bridgehead atoms. The van der Waals surface area contributed by atoms with Gasteiger partial charge in [-0.15, -0.1) is 11.3 Å². The number of benzene rings is 2. The van der Waals surface area contributed by atoms with Gasteiger partial charge in [-0.2, -0.15) is 0 Å². The molecular formula is C23H26N2O4S2. The van der Waals surface area contributed by atoms with Gasteiger partial charge in [0.2, 0.25) is 10.0 Å². The molecular weight excluding hydrogens is 432 g/mol. The quantitative estimate of drug-likeness (QED) is 0.453. The maximum absolute atomic E-state index is 12.9. The van der Waals surface area contributed by atoms with Crippen molar-refractivity contribution in [1.82, 2.24) is 10.0 Å². The maximum Gasteiger partial charge on any atom is 0.252 e. The van der Waals surface area contributed by atoms with Crippen molar-refractivity contribution < 1.29 is 17.9 Å². The van der Waals surface area contributed by atoms with Gasteiger partial charge in [0, 0.05) is 24.1 Å². The first-order chi connectivity index (χ1) is 14.9. The van der Waals surface area contributed by atoms with Gasteiger partial charge in [0.15, 0.2) is 0 Å². The highest BCUT2D eigenvalue weighted by atomic mass is 32.2. The lowest BCUT2D eigenvalue weighted by molar-refractivity contribution is 0.0943. The molecule has 0 aliphatic carbocycles. The number of amides is 1. The van der Waals surface area contributed by atoms with Crippen molar-refractivity contribution in [1.29, 1.82) is 0 Å². The van der Waals surface area contributed by atoms with Gasteiger partial charge in [-0.3, -0.25) is 4.79 Å². The molecule has 31 heavy (non-hydrogen) atoms. The van der Waals surface area contributed by atoms with Crippen LogP contribution in [0, 0.1) is 0 Å². The standard InChI is InChI=1S/C23H26N2O4S2/c1-3-17-6-8-18(9-7-17)22(21-5-4-16-30-21)25-23(26)19-10-12-20(13-11-19)31(27,28)24-14-15-29-2/h4-13,16,22,24H,3,14-15H2,1-2H3,(H,25,26). The number of ether oxygens (including phenoxy) is 1. The van der Waals surface area contributed by atoms with Crippen molar-refractivity contribution in [2.45, 2.75) is 24.3 Å². The molecule has 0 saturated heterocycles. The van der Waals surface area contributed by atoms with Gasteiger partial charge in [-0.05, 0) is 53.3 Å². The van der Waals surface area contributed by atoms with Crippen LogP contribution < -0.4 is 10.0 Å². The Morgan fingerprint density at radius 3 is 2.35 bits per heavy atom. The monoisotopic (exact) mass is 458 g/mol. The van der Waals surface area contributed by atoms with E-state index in [1.807, 2.05) is 29.6 Å².